The topological polar surface area (TPSA) is 48.9 Å². The molecule has 0 saturated carbocycles. The Balaban J connectivity index is 0.000000461. The van der Waals surface area contributed by atoms with Crippen LogP contribution in [0.1, 0.15) is 32.4 Å². The SMILES string of the molecule is CC.CC(O)c1c[nH]c2ncccc12. The van der Waals surface area contributed by atoms with E-state index in [4.69, 9.17) is 0 Å². The van der Waals surface area contributed by atoms with Gasteiger partial charge in [0, 0.05) is 23.3 Å². The summed E-state index contributed by atoms with van der Waals surface area (Å²) in [6.45, 7) is 5.75. The van der Waals surface area contributed by atoms with Crippen molar-refractivity contribution in [3.05, 3.63) is 30.1 Å². The van der Waals surface area contributed by atoms with Crippen molar-refractivity contribution < 1.29 is 5.11 Å². The van der Waals surface area contributed by atoms with Crippen LogP contribution in [0, 0.1) is 0 Å². The minimum Gasteiger partial charge on any atom is -0.389 e. The Morgan fingerprint density at radius 3 is 2.79 bits per heavy atom. The summed E-state index contributed by atoms with van der Waals surface area (Å²) in [6, 6.07) is 3.81. The number of aliphatic hydroxyl groups excluding tert-OH is 1. The van der Waals surface area contributed by atoms with Gasteiger partial charge in [-0.3, -0.25) is 0 Å². The highest BCUT2D eigenvalue weighted by atomic mass is 16.3. The minimum atomic E-state index is -0.442. The second kappa shape index (κ2) is 4.77. The zero-order valence-electron chi connectivity index (χ0n) is 8.78. The summed E-state index contributed by atoms with van der Waals surface area (Å²) in [5.41, 5.74) is 1.73. The minimum absolute atomic E-state index is 0.442. The van der Waals surface area contributed by atoms with Crippen molar-refractivity contribution in [1.82, 2.24) is 9.97 Å². The number of hydrogen-bond donors (Lipinski definition) is 2. The Morgan fingerprint density at radius 1 is 1.43 bits per heavy atom. The highest BCUT2D eigenvalue weighted by Gasteiger charge is 2.07. The van der Waals surface area contributed by atoms with Gasteiger partial charge in [0.1, 0.15) is 5.65 Å². The Labute approximate surface area is 83.8 Å². The van der Waals surface area contributed by atoms with E-state index in [2.05, 4.69) is 9.97 Å². The lowest BCUT2D eigenvalue weighted by atomic mass is 10.1. The Morgan fingerprint density at radius 2 is 2.14 bits per heavy atom. The maximum absolute atomic E-state index is 9.36. The van der Waals surface area contributed by atoms with E-state index in [9.17, 15) is 5.11 Å². The fourth-order valence-electron chi connectivity index (χ4n) is 1.32. The third-order valence-corrected chi connectivity index (χ3v) is 1.93. The van der Waals surface area contributed by atoms with E-state index in [0.717, 1.165) is 16.6 Å². The Kier molecular flexibility index (Phi) is 3.65. The van der Waals surface area contributed by atoms with Crippen molar-refractivity contribution >= 4 is 11.0 Å². The number of H-pyrrole nitrogens is 1. The lowest BCUT2D eigenvalue weighted by Gasteiger charge is -1.99. The largest absolute Gasteiger partial charge is 0.389 e. The van der Waals surface area contributed by atoms with Gasteiger partial charge in [0.2, 0.25) is 0 Å². The molecule has 0 fully saturated rings. The fraction of sp³-hybridized carbons (Fsp3) is 0.364. The van der Waals surface area contributed by atoms with Crippen LogP contribution < -0.4 is 0 Å². The molecule has 2 rings (SSSR count). The summed E-state index contributed by atoms with van der Waals surface area (Å²) in [5.74, 6) is 0. The van der Waals surface area contributed by atoms with Gasteiger partial charge in [0.25, 0.3) is 0 Å². The van der Waals surface area contributed by atoms with Gasteiger partial charge in [0.15, 0.2) is 0 Å². The number of aromatic amines is 1. The molecule has 2 N–H and O–H groups in total. The van der Waals surface area contributed by atoms with Crippen LogP contribution >= 0.6 is 0 Å². The Bertz CT molecular complexity index is 393. The summed E-state index contributed by atoms with van der Waals surface area (Å²) < 4.78 is 0. The smallest absolute Gasteiger partial charge is 0.137 e. The summed E-state index contributed by atoms with van der Waals surface area (Å²) in [4.78, 5) is 7.12. The first-order valence-electron chi connectivity index (χ1n) is 4.89. The zero-order chi connectivity index (χ0) is 10.6. The number of rotatable bonds is 1. The molecule has 2 aromatic heterocycles. The molecule has 0 aliphatic rings. The molecule has 0 saturated heterocycles. The van der Waals surface area contributed by atoms with Gasteiger partial charge in [0.05, 0.1) is 6.10 Å². The van der Waals surface area contributed by atoms with E-state index in [-0.39, 0.29) is 0 Å². The lowest BCUT2D eigenvalue weighted by Crippen LogP contribution is -1.87. The molecule has 0 spiro atoms. The molecular weight excluding hydrogens is 176 g/mol. The van der Waals surface area contributed by atoms with Crippen molar-refractivity contribution in [2.45, 2.75) is 26.9 Å². The van der Waals surface area contributed by atoms with Gasteiger partial charge < -0.3 is 10.1 Å². The molecule has 2 aromatic rings. The zero-order valence-corrected chi connectivity index (χ0v) is 8.78. The summed E-state index contributed by atoms with van der Waals surface area (Å²) in [7, 11) is 0. The molecule has 1 atom stereocenters. The molecular formula is C11H16N2O. The van der Waals surface area contributed by atoms with Gasteiger partial charge in [-0.05, 0) is 19.1 Å². The van der Waals surface area contributed by atoms with Crippen LogP contribution in [-0.4, -0.2) is 15.1 Å². The van der Waals surface area contributed by atoms with Crippen molar-refractivity contribution in [2.24, 2.45) is 0 Å². The third kappa shape index (κ3) is 1.93. The number of aliphatic hydroxyl groups is 1. The molecule has 2 heterocycles. The Hall–Kier alpha value is -1.35. The van der Waals surface area contributed by atoms with Gasteiger partial charge in [-0.15, -0.1) is 0 Å². The van der Waals surface area contributed by atoms with E-state index < -0.39 is 6.10 Å². The maximum Gasteiger partial charge on any atom is 0.137 e. The van der Waals surface area contributed by atoms with Crippen molar-refractivity contribution in [3.63, 3.8) is 0 Å². The van der Waals surface area contributed by atoms with Crippen LogP contribution in [0.3, 0.4) is 0 Å². The van der Waals surface area contributed by atoms with E-state index in [0.29, 0.717) is 0 Å². The first-order chi connectivity index (χ1) is 6.79. The molecule has 0 radical (unpaired) electrons. The number of pyridine rings is 1. The highest BCUT2D eigenvalue weighted by molar-refractivity contribution is 5.79. The molecule has 14 heavy (non-hydrogen) atoms. The van der Waals surface area contributed by atoms with Crippen molar-refractivity contribution in [3.8, 4) is 0 Å². The van der Waals surface area contributed by atoms with Crippen LogP contribution in [0.2, 0.25) is 0 Å². The predicted octanol–water partition coefficient (Wildman–Crippen LogP) is 2.64. The van der Waals surface area contributed by atoms with Gasteiger partial charge in [-0.2, -0.15) is 0 Å². The van der Waals surface area contributed by atoms with Crippen molar-refractivity contribution in [1.29, 1.82) is 0 Å². The predicted molar refractivity (Wildman–Crippen MR) is 58.1 cm³/mol. The van der Waals surface area contributed by atoms with E-state index >= 15 is 0 Å². The number of fused-ring (bicyclic) bond motifs is 1. The second-order valence-corrected chi connectivity index (χ2v) is 2.82. The van der Waals surface area contributed by atoms with Gasteiger partial charge >= 0.3 is 0 Å². The van der Waals surface area contributed by atoms with Crippen LogP contribution in [-0.2, 0) is 0 Å². The standard InChI is InChI=1S/C9H10N2O.C2H6/c1-6(12)8-5-11-9-7(8)3-2-4-10-9;1-2/h2-6,12H,1H3,(H,10,11);1-2H3. The van der Waals surface area contributed by atoms with Gasteiger partial charge in [-0.25, -0.2) is 4.98 Å². The number of aromatic nitrogens is 2. The monoisotopic (exact) mass is 192 g/mol. The summed E-state index contributed by atoms with van der Waals surface area (Å²) in [5, 5.41) is 10.4. The maximum atomic E-state index is 9.36. The quantitative estimate of drug-likeness (QED) is 0.729. The number of hydrogen-bond acceptors (Lipinski definition) is 2. The van der Waals surface area contributed by atoms with E-state index in [1.165, 1.54) is 0 Å². The number of nitrogens with one attached hydrogen (secondary N) is 1. The molecule has 0 aliphatic heterocycles. The molecule has 3 nitrogen and oxygen atoms in total. The van der Waals surface area contributed by atoms with Crippen LogP contribution in [0.25, 0.3) is 11.0 Å². The molecule has 1 unspecified atom stereocenters. The first kappa shape index (κ1) is 10.7. The molecule has 0 aliphatic carbocycles. The van der Waals surface area contributed by atoms with Gasteiger partial charge in [-0.1, -0.05) is 13.8 Å². The average molecular weight is 192 g/mol. The van der Waals surface area contributed by atoms with Crippen LogP contribution in [0.5, 0.6) is 0 Å². The summed E-state index contributed by atoms with van der Waals surface area (Å²) in [6.07, 6.45) is 3.08. The van der Waals surface area contributed by atoms with Crippen LogP contribution in [0.15, 0.2) is 24.5 Å². The molecule has 0 aromatic carbocycles. The fourth-order valence-corrected chi connectivity index (χ4v) is 1.32. The molecule has 0 amide bonds. The van der Waals surface area contributed by atoms with E-state index in [1.807, 2.05) is 26.0 Å². The summed E-state index contributed by atoms with van der Waals surface area (Å²) >= 11 is 0. The second-order valence-electron chi connectivity index (χ2n) is 2.82. The first-order valence-corrected chi connectivity index (χ1v) is 4.89. The van der Waals surface area contributed by atoms with Crippen LogP contribution in [0.4, 0.5) is 0 Å². The molecule has 3 heteroatoms. The average Bonchev–Trinajstić information content (AvgIpc) is 2.64. The molecule has 0 bridgehead atoms. The lowest BCUT2D eigenvalue weighted by molar-refractivity contribution is 0.201. The molecule has 76 valence electrons. The third-order valence-electron chi connectivity index (χ3n) is 1.93. The highest BCUT2D eigenvalue weighted by Crippen LogP contribution is 2.21. The normalized spacial score (nSPS) is 12.0. The van der Waals surface area contributed by atoms with E-state index in [1.54, 1.807) is 19.3 Å². The number of nitrogens with zero attached hydrogens (tertiary/aromatic N) is 1. The van der Waals surface area contributed by atoms with Crippen molar-refractivity contribution in [2.75, 3.05) is 0 Å².